The molecule has 1 aromatic rings. The van der Waals surface area contributed by atoms with Gasteiger partial charge in [0.15, 0.2) is 9.84 Å². The van der Waals surface area contributed by atoms with E-state index in [2.05, 4.69) is 5.32 Å². The van der Waals surface area contributed by atoms with Crippen LogP contribution in [0.25, 0.3) is 0 Å². The number of aromatic hydroxyl groups is 2. The van der Waals surface area contributed by atoms with Crippen molar-refractivity contribution in [1.29, 1.82) is 0 Å². The van der Waals surface area contributed by atoms with Gasteiger partial charge in [-0.15, -0.1) is 0 Å². The van der Waals surface area contributed by atoms with Gasteiger partial charge in [0.2, 0.25) is 0 Å². The molecule has 1 fully saturated rings. The smallest absolute Gasteiger partial charge is 0.151 e. The molecular formula is C12H17NO4S. The molecule has 100 valence electrons. The van der Waals surface area contributed by atoms with Crippen molar-refractivity contribution in [2.24, 2.45) is 0 Å². The van der Waals surface area contributed by atoms with Gasteiger partial charge in [0.05, 0.1) is 17.1 Å². The van der Waals surface area contributed by atoms with E-state index in [4.69, 9.17) is 0 Å². The molecule has 1 aromatic carbocycles. The minimum Gasteiger partial charge on any atom is -0.507 e. The van der Waals surface area contributed by atoms with Crippen LogP contribution in [0.15, 0.2) is 18.2 Å². The van der Waals surface area contributed by atoms with E-state index in [0.717, 1.165) is 0 Å². The molecule has 0 spiro atoms. The molecule has 6 heteroatoms. The van der Waals surface area contributed by atoms with Gasteiger partial charge >= 0.3 is 0 Å². The van der Waals surface area contributed by atoms with Crippen molar-refractivity contribution < 1.29 is 18.6 Å². The van der Waals surface area contributed by atoms with Crippen LogP contribution in [0.1, 0.15) is 24.9 Å². The van der Waals surface area contributed by atoms with Gasteiger partial charge in [-0.2, -0.15) is 0 Å². The maximum Gasteiger partial charge on any atom is 0.151 e. The van der Waals surface area contributed by atoms with Gasteiger partial charge in [-0.25, -0.2) is 8.42 Å². The van der Waals surface area contributed by atoms with E-state index in [-0.39, 0.29) is 35.1 Å². The van der Waals surface area contributed by atoms with Gasteiger partial charge in [0.1, 0.15) is 11.5 Å². The van der Waals surface area contributed by atoms with Crippen LogP contribution in [0.3, 0.4) is 0 Å². The number of benzene rings is 1. The summed E-state index contributed by atoms with van der Waals surface area (Å²) in [7, 11) is -2.93. The molecular weight excluding hydrogens is 254 g/mol. The molecule has 2 rings (SSSR count). The second-order valence-corrected chi connectivity index (χ2v) is 6.93. The van der Waals surface area contributed by atoms with Gasteiger partial charge in [0.25, 0.3) is 0 Å². The third kappa shape index (κ3) is 2.76. The number of nitrogens with one attached hydrogen (secondary N) is 1. The summed E-state index contributed by atoms with van der Waals surface area (Å²) in [5.74, 6) is 0.335. The van der Waals surface area contributed by atoms with Crippen LogP contribution in [0.2, 0.25) is 0 Å². The Morgan fingerprint density at radius 3 is 2.44 bits per heavy atom. The van der Waals surface area contributed by atoms with E-state index in [0.29, 0.717) is 12.0 Å². The lowest BCUT2D eigenvalue weighted by Gasteiger charge is -2.20. The first-order valence-electron chi connectivity index (χ1n) is 5.86. The van der Waals surface area contributed by atoms with E-state index in [1.165, 1.54) is 12.1 Å². The zero-order valence-corrected chi connectivity index (χ0v) is 10.9. The molecule has 1 aliphatic heterocycles. The Morgan fingerprint density at radius 2 is 1.94 bits per heavy atom. The summed E-state index contributed by atoms with van der Waals surface area (Å²) in [6.45, 7) is 1.79. The first-order valence-corrected chi connectivity index (χ1v) is 7.68. The fourth-order valence-electron chi connectivity index (χ4n) is 2.35. The summed E-state index contributed by atoms with van der Waals surface area (Å²) < 4.78 is 22.7. The largest absolute Gasteiger partial charge is 0.507 e. The first-order chi connectivity index (χ1) is 8.39. The van der Waals surface area contributed by atoms with Gasteiger partial charge in [-0.3, -0.25) is 0 Å². The van der Waals surface area contributed by atoms with E-state index >= 15 is 0 Å². The first kappa shape index (κ1) is 13.2. The van der Waals surface area contributed by atoms with Crippen molar-refractivity contribution in [2.75, 3.05) is 11.5 Å². The topological polar surface area (TPSA) is 86.6 Å². The van der Waals surface area contributed by atoms with E-state index < -0.39 is 9.84 Å². The highest BCUT2D eigenvalue weighted by atomic mass is 32.2. The average molecular weight is 271 g/mol. The van der Waals surface area contributed by atoms with Crippen molar-refractivity contribution >= 4 is 9.84 Å². The fourth-order valence-corrected chi connectivity index (χ4v) is 4.03. The van der Waals surface area contributed by atoms with Gasteiger partial charge in [-0.1, -0.05) is 6.07 Å². The standard InChI is InChI=1S/C12H17NO4S/c1-8(12-10(14)3-2-4-11(12)15)13-9-5-6-18(16,17)7-9/h2-4,8-9,13-15H,5-7H2,1H3. The number of phenols is 2. The van der Waals surface area contributed by atoms with E-state index in [1.807, 2.05) is 0 Å². The number of hydrogen-bond donors (Lipinski definition) is 3. The molecule has 18 heavy (non-hydrogen) atoms. The predicted molar refractivity (Wildman–Crippen MR) is 68.4 cm³/mol. The maximum absolute atomic E-state index is 11.4. The molecule has 0 saturated carbocycles. The molecule has 1 saturated heterocycles. The van der Waals surface area contributed by atoms with Crippen molar-refractivity contribution in [3.8, 4) is 11.5 Å². The molecule has 1 aliphatic rings. The van der Waals surface area contributed by atoms with E-state index in [9.17, 15) is 18.6 Å². The molecule has 1 heterocycles. The Bertz CT molecular complexity index is 521. The average Bonchev–Trinajstić information content (AvgIpc) is 2.57. The minimum absolute atomic E-state index is 0.0101. The molecule has 2 unspecified atom stereocenters. The Kier molecular flexibility index (Phi) is 3.49. The Labute approximate surface area is 106 Å². The Morgan fingerprint density at radius 1 is 1.33 bits per heavy atom. The summed E-state index contributed by atoms with van der Waals surface area (Å²) in [6, 6.07) is 4.13. The second-order valence-electron chi connectivity index (χ2n) is 4.70. The molecule has 2 atom stereocenters. The summed E-state index contributed by atoms with van der Waals surface area (Å²) in [5, 5.41) is 22.6. The predicted octanol–water partition coefficient (Wildman–Crippen LogP) is 0.935. The Hall–Kier alpha value is -1.27. The lowest BCUT2D eigenvalue weighted by Crippen LogP contribution is -2.32. The maximum atomic E-state index is 11.4. The van der Waals surface area contributed by atoms with Crippen LogP contribution in [-0.2, 0) is 9.84 Å². The van der Waals surface area contributed by atoms with Crippen LogP contribution in [-0.4, -0.2) is 36.2 Å². The molecule has 3 N–H and O–H groups in total. The zero-order valence-electron chi connectivity index (χ0n) is 10.1. The minimum atomic E-state index is -2.93. The van der Waals surface area contributed by atoms with Crippen molar-refractivity contribution in [2.45, 2.75) is 25.4 Å². The molecule has 5 nitrogen and oxygen atoms in total. The third-order valence-electron chi connectivity index (χ3n) is 3.21. The van der Waals surface area contributed by atoms with Crippen LogP contribution >= 0.6 is 0 Å². The van der Waals surface area contributed by atoms with Gasteiger partial charge < -0.3 is 15.5 Å². The fraction of sp³-hybridized carbons (Fsp3) is 0.500. The van der Waals surface area contributed by atoms with Gasteiger partial charge in [0, 0.05) is 12.1 Å². The highest BCUT2D eigenvalue weighted by molar-refractivity contribution is 7.91. The summed E-state index contributed by atoms with van der Waals surface area (Å²) >= 11 is 0. The number of rotatable bonds is 3. The Balaban J connectivity index is 2.11. The van der Waals surface area contributed by atoms with Gasteiger partial charge in [-0.05, 0) is 25.5 Å². The number of phenolic OH excluding ortho intramolecular Hbond substituents is 2. The summed E-state index contributed by atoms with van der Waals surface area (Å²) in [6.07, 6.45) is 0.570. The highest BCUT2D eigenvalue weighted by Gasteiger charge is 2.29. The lowest BCUT2D eigenvalue weighted by molar-refractivity contribution is 0.406. The van der Waals surface area contributed by atoms with Crippen LogP contribution in [0.4, 0.5) is 0 Å². The van der Waals surface area contributed by atoms with Crippen LogP contribution in [0.5, 0.6) is 11.5 Å². The number of hydrogen-bond acceptors (Lipinski definition) is 5. The molecule has 0 bridgehead atoms. The van der Waals surface area contributed by atoms with Crippen molar-refractivity contribution in [3.63, 3.8) is 0 Å². The number of sulfone groups is 1. The normalized spacial score (nSPS) is 23.9. The monoisotopic (exact) mass is 271 g/mol. The molecule has 0 radical (unpaired) electrons. The van der Waals surface area contributed by atoms with E-state index in [1.54, 1.807) is 13.0 Å². The van der Waals surface area contributed by atoms with Crippen molar-refractivity contribution in [1.82, 2.24) is 5.32 Å². The third-order valence-corrected chi connectivity index (χ3v) is 4.98. The quantitative estimate of drug-likeness (QED) is 0.761. The van der Waals surface area contributed by atoms with Crippen LogP contribution < -0.4 is 5.32 Å². The van der Waals surface area contributed by atoms with Crippen LogP contribution in [0, 0.1) is 0 Å². The molecule has 0 aromatic heterocycles. The SMILES string of the molecule is CC(NC1CCS(=O)(=O)C1)c1c(O)cccc1O. The summed E-state index contributed by atoms with van der Waals surface area (Å²) in [4.78, 5) is 0. The molecule has 0 amide bonds. The lowest BCUT2D eigenvalue weighted by atomic mass is 10.0. The van der Waals surface area contributed by atoms with Crippen molar-refractivity contribution in [3.05, 3.63) is 23.8 Å². The highest BCUT2D eigenvalue weighted by Crippen LogP contribution is 2.32. The summed E-state index contributed by atoms with van der Waals surface area (Å²) in [5.41, 5.74) is 0.404. The zero-order chi connectivity index (χ0) is 13.3. The molecule has 0 aliphatic carbocycles. The second kappa shape index (κ2) is 4.78.